The van der Waals surface area contributed by atoms with Gasteiger partial charge in [-0.1, -0.05) is 41.1 Å². The molecular formula is C20H15ClN4O2S. The largest absolute Gasteiger partial charge is 0.478 e. The number of carboxylic acid groups (broad SMARTS) is 1. The molecule has 0 aliphatic carbocycles. The molecule has 0 aliphatic rings. The molecule has 2 heterocycles. The van der Waals surface area contributed by atoms with Crippen LogP contribution in [0.2, 0.25) is 5.02 Å². The minimum Gasteiger partial charge on any atom is -0.478 e. The van der Waals surface area contributed by atoms with Crippen LogP contribution in [0.1, 0.15) is 29.0 Å². The third-order valence-electron chi connectivity index (χ3n) is 4.27. The Hall–Kier alpha value is -3.03. The standard InChI is InChI=1S/C20H15ClN4O2S/c1-11(24-25-20-23-17-4-2-3-5-18(17)28-20)15-8-9-16(22-15)12-6-7-14(21)13(10-12)19(26)27/h2-11,22H,1H3,(H,26,27). The van der Waals surface area contributed by atoms with E-state index in [0.29, 0.717) is 5.13 Å². The second-order valence-electron chi connectivity index (χ2n) is 6.18. The number of nitrogens with zero attached hydrogens (tertiary/aromatic N) is 3. The van der Waals surface area contributed by atoms with E-state index in [1.54, 1.807) is 18.2 Å². The number of nitrogens with one attached hydrogen (secondary N) is 1. The van der Waals surface area contributed by atoms with E-state index in [1.165, 1.54) is 11.3 Å². The number of aromatic carboxylic acids is 1. The van der Waals surface area contributed by atoms with Gasteiger partial charge in [0.25, 0.3) is 0 Å². The monoisotopic (exact) mass is 410 g/mol. The fourth-order valence-electron chi connectivity index (χ4n) is 2.78. The Kier molecular flexibility index (Phi) is 4.93. The van der Waals surface area contributed by atoms with Gasteiger partial charge in [0.05, 0.1) is 20.8 Å². The van der Waals surface area contributed by atoms with Crippen LogP contribution in [0, 0.1) is 0 Å². The molecule has 6 nitrogen and oxygen atoms in total. The molecular weight excluding hydrogens is 396 g/mol. The van der Waals surface area contributed by atoms with Crippen molar-refractivity contribution in [3.05, 3.63) is 70.9 Å². The topological polar surface area (TPSA) is 90.7 Å². The van der Waals surface area contributed by atoms with Gasteiger partial charge in [0, 0.05) is 11.4 Å². The van der Waals surface area contributed by atoms with Crippen LogP contribution in [-0.4, -0.2) is 21.0 Å². The van der Waals surface area contributed by atoms with Crippen molar-refractivity contribution in [3.8, 4) is 11.3 Å². The summed E-state index contributed by atoms with van der Waals surface area (Å²) in [7, 11) is 0. The molecule has 0 saturated heterocycles. The van der Waals surface area contributed by atoms with Crippen LogP contribution in [0.15, 0.2) is 64.8 Å². The predicted molar refractivity (Wildman–Crippen MR) is 111 cm³/mol. The molecule has 0 saturated carbocycles. The number of halogens is 1. The number of aromatic nitrogens is 2. The summed E-state index contributed by atoms with van der Waals surface area (Å²) in [4.78, 5) is 19.0. The van der Waals surface area contributed by atoms with E-state index in [-0.39, 0.29) is 16.6 Å². The number of hydrogen-bond acceptors (Lipinski definition) is 5. The number of carbonyl (C=O) groups is 1. The summed E-state index contributed by atoms with van der Waals surface area (Å²) >= 11 is 7.43. The van der Waals surface area contributed by atoms with E-state index in [1.807, 2.05) is 43.3 Å². The number of rotatable bonds is 5. The van der Waals surface area contributed by atoms with Crippen molar-refractivity contribution in [1.29, 1.82) is 0 Å². The average molecular weight is 411 g/mol. The number of azo groups is 1. The summed E-state index contributed by atoms with van der Waals surface area (Å²) in [6.45, 7) is 1.93. The molecule has 140 valence electrons. The van der Waals surface area contributed by atoms with E-state index >= 15 is 0 Å². The van der Waals surface area contributed by atoms with Gasteiger partial charge in [0.2, 0.25) is 5.13 Å². The van der Waals surface area contributed by atoms with Crippen LogP contribution in [-0.2, 0) is 0 Å². The van der Waals surface area contributed by atoms with Gasteiger partial charge in [-0.2, -0.15) is 5.11 Å². The average Bonchev–Trinajstić information content (AvgIpc) is 3.33. The lowest BCUT2D eigenvalue weighted by Gasteiger charge is -2.04. The third kappa shape index (κ3) is 3.67. The third-order valence-corrected chi connectivity index (χ3v) is 5.52. The van der Waals surface area contributed by atoms with Crippen molar-refractivity contribution in [1.82, 2.24) is 9.97 Å². The lowest BCUT2D eigenvalue weighted by molar-refractivity contribution is 0.0697. The molecule has 2 N–H and O–H groups in total. The maximum atomic E-state index is 11.3. The van der Waals surface area contributed by atoms with E-state index < -0.39 is 5.97 Å². The summed E-state index contributed by atoms with van der Waals surface area (Å²) in [6, 6.07) is 16.4. The van der Waals surface area contributed by atoms with Gasteiger partial charge >= 0.3 is 5.97 Å². The second kappa shape index (κ2) is 7.53. The number of H-pyrrole nitrogens is 1. The first-order valence-electron chi connectivity index (χ1n) is 8.50. The molecule has 2 aromatic carbocycles. The SMILES string of the molecule is CC(N=Nc1nc2ccccc2s1)c1ccc(-c2ccc(Cl)c(C(=O)O)c2)[nH]1. The Morgan fingerprint density at radius 1 is 1.21 bits per heavy atom. The zero-order valence-corrected chi connectivity index (χ0v) is 16.3. The van der Waals surface area contributed by atoms with Crippen LogP contribution >= 0.6 is 22.9 Å². The molecule has 2 aromatic heterocycles. The van der Waals surface area contributed by atoms with Gasteiger partial charge in [0.1, 0.15) is 6.04 Å². The van der Waals surface area contributed by atoms with Crippen molar-refractivity contribution in [2.45, 2.75) is 13.0 Å². The van der Waals surface area contributed by atoms with E-state index in [0.717, 1.165) is 27.2 Å². The van der Waals surface area contributed by atoms with Crippen molar-refractivity contribution in [3.63, 3.8) is 0 Å². The fourth-order valence-corrected chi connectivity index (χ4v) is 3.77. The highest BCUT2D eigenvalue weighted by Gasteiger charge is 2.13. The molecule has 4 rings (SSSR count). The number of benzene rings is 2. The Labute approximate surface area is 169 Å². The van der Waals surface area contributed by atoms with Crippen LogP contribution in [0.3, 0.4) is 0 Å². The maximum Gasteiger partial charge on any atom is 0.337 e. The van der Waals surface area contributed by atoms with Crippen LogP contribution in [0.5, 0.6) is 0 Å². The van der Waals surface area contributed by atoms with Crippen molar-refractivity contribution in [2.75, 3.05) is 0 Å². The zero-order valence-electron chi connectivity index (χ0n) is 14.8. The Balaban J connectivity index is 1.55. The Bertz CT molecular complexity index is 1160. The number of thiazole rings is 1. The highest BCUT2D eigenvalue weighted by Crippen LogP contribution is 2.30. The Morgan fingerprint density at radius 3 is 2.82 bits per heavy atom. The second-order valence-corrected chi connectivity index (χ2v) is 7.60. The molecule has 0 aliphatic heterocycles. The molecule has 0 spiro atoms. The molecule has 0 amide bonds. The highest BCUT2D eigenvalue weighted by atomic mass is 35.5. The summed E-state index contributed by atoms with van der Waals surface area (Å²) in [5, 5.41) is 18.7. The van der Waals surface area contributed by atoms with Crippen LogP contribution in [0.4, 0.5) is 5.13 Å². The fraction of sp³-hybridized carbons (Fsp3) is 0.100. The lowest BCUT2D eigenvalue weighted by atomic mass is 10.1. The number of aromatic amines is 1. The van der Waals surface area contributed by atoms with Gasteiger partial charge in [-0.05, 0) is 48.9 Å². The van der Waals surface area contributed by atoms with E-state index in [2.05, 4.69) is 20.2 Å². The molecule has 28 heavy (non-hydrogen) atoms. The summed E-state index contributed by atoms with van der Waals surface area (Å²) in [5.41, 5.74) is 3.37. The first kappa shape index (κ1) is 18.3. The highest BCUT2D eigenvalue weighted by molar-refractivity contribution is 7.21. The van der Waals surface area contributed by atoms with Crippen molar-refractivity contribution in [2.24, 2.45) is 10.2 Å². The zero-order chi connectivity index (χ0) is 19.7. The van der Waals surface area contributed by atoms with Crippen molar-refractivity contribution >= 4 is 44.3 Å². The summed E-state index contributed by atoms with van der Waals surface area (Å²) in [5.74, 6) is -1.06. The van der Waals surface area contributed by atoms with E-state index in [9.17, 15) is 9.90 Å². The van der Waals surface area contributed by atoms with Gasteiger partial charge in [-0.25, -0.2) is 9.78 Å². The van der Waals surface area contributed by atoms with Crippen LogP contribution < -0.4 is 0 Å². The first-order chi connectivity index (χ1) is 13.5. The number of para-hydroxylation sites is 1. The lowest BCUT2D eigenvalue weighted by Crippen LogP contribution is -1.97. The van der Waals surface area contributed by atoms with Gasteiger partial charge in [-0.15, -0.1) is 5.11 Å². The molecule has 0 bridgehead atoms. The quantitative estimate of drug-likeness (QED) is 0.368. The summed E-state index contributed by atoms with van der Waals surface area (Å²) < 4.78 is 1.07. The predicted octanol–water partition coefficient (Wildman–Crippen LogP) is 6.49. The molecule has 1 atom stereocenters. The van der Waals surface area contributed by atoms with Crippen molar-refractivity contribution < 1.29 is 9.90 Å². The van der Waals surface area contributed by atoms with Gasteiger partial charge in [-0.3, -0.25) is 0 Å². The van der Waals surface area contributed by atoms with Gasteiger partial charge < -0.3 is 10.1 Å². The minimum atomic E-state index is -1.06. The summed E-state index contributed by atoms with van der Waals surface area (Å²) in [6.07, 6.45) is 0. The smallest absolute Gasteiger partial charge is 0.337 e. The van der Waals surface area contributed by atoms with Gasteiger partial charge in [0.15, 0.2) is 0 Å². The maximum absolute atomic E-state index is 11.3. The van der Waals surface area contributed by atoms with E-state index in [4.69, 9.17) is 11.6 Å². The Morgan fingerprint density at radius 2 is 2.04 bits per heavy atom. The molecule has 1 unspecified atom stereocenters. The molecule has 4 aromatic rings. The molecule has 0 radical (unpaired) electrons. The first-order valence-corrected chi connectivity index (χ1v) is 9.69. The normalized spacial score (nSPS) is 12.6. The van der Waals surface area contributed by atoms with Crippen LogP contribution in [0.25, 0.3) is 21.5 Å². The molecule has 8 heteroatoms. The number of fused-ring (bicyclic) bond motifs is 1. The molecule has 0 fully saturated rings. The number of carboxylic acids is 1. The minimum absolute atomic E-state index is 0.0684. The number of hydrogen-bond donors (Lipinski definition) is 2.